The lowest BCUT2D eigenvalue weighted by molar-refractivity contribution is -0.136. The SMILES string of the molecule is CC(C)(C)OC(=O)NC1CCN(C(=O)c2nc3c(C(F)(F)F)cc(-c4ccoc4)cn3c2Cl)CC1. The zero-order chi connectivity index (χ0) is 25.5. The number of nitrogens with zero attached hydrogens (tertiary/aromatic N) is 3. The van der Waals surface area contributed by atoms with Gasteiger partial charge in [-0.05, 0) is 45.7 Å². The van der Waals surface area contributed by atoms with Crippen LogP contribution in [-0.4, -0.2) is 51.0 Å². The highest BCUT2D eigenvalue weighted by Crippen LogP contribution is 2.37. The molecular formula is C23H24ClF3N4O4. The molecule has 1 saturated heterocycles. The molecule has 1 N–H and O–H groups in total. The highest BCUT2D eigenvalue weighted by molar-refractivity contribution is 6.33. The zero-order valence-corrected chi connectivity index (χ0v) is 20.0. The topological polar surface area (TPSA) is 89.1 Å². The fourth-order valence-electron chi connectivity index (χ4n) is 3.90. The van der Waals surface area contributed by atoms with E-state index in [1.165, 1.54) is 29.7 Å². The maximum absolute atomic E-state index is 13.8. The molecule has 0 bridgehead atoms. The Labute approximate surface area is 204 Å². The summed E-state index contributed by atoms with van der Waals surface area (Å²) in [6, 6.07) is 2.28. The van der Waals surface area contributed by atoms with Gasteiger partial charge in [0.25, 0.3) is 5.91 Å². The number of hydrogen-bond acceptors (Lipinski definition) is 5. The maximum atomic E-state index is 13.8. The number of ether oxygens (including phenoxy) is 1. The molecule has 188 valence electrons. The molecule has 1 fully saturated rings. The van der Waals surface area contributed by atoms with Crippen LogP contribution in [-0.2, 0) is 10.9 Å². The van der Waals surface area contributed by atoms with Crippen molar-refractivity contribution in [1.29, 1.82) is 0 Å². The van der Waals surface area contributed by atoms with Crippen LogP contribution in [0.1, 0.15) is 49.7 Å². The first kappa shape index (κ1) is 24.9. The van der Waals surface area contributed by atoms with E-state index in [4.69, 9.17) is 20.8 Å². The molecule has 12 heteroatoms. The van der Waals surface area contributed by atoms with E-state index in [0.29, 0.717) is 18.4 Å². The van der Waals surface area contributed by atoms with E-state index in [9.17, 15) is 22.8 Å². The summed E-state index contributed by atoms with van der Waals surface area (Å²) < 4.78 is 52.8. The number of pyridine rings is 1. The molecule has 0 atom stereocenters. The molecule has 4 rings (SSSR count). The Hall–Kier alpha value is -3.21. The Balaban J connectivity index is 1.56. The summed E-state index contributed by atoms with van der Waals surface area (Å²) >= 11 is 6.37. The van der Waals surface area contributed by atoms with E-state index in [-0.39, 0.29) is 35.5 Å². The number of alkyl carbamates (subject to hydrolysis) is 1. The number of rotatable bonds is 3. The predicted molar refractivity (Wildman–Crippen MR) is 121 cm³/mol. The maximum Gasteiger partial charge on any atom is 0.420 e. The van der Waals surface area contributed by atoms with E-state index < -0.39 is 35.0 Å². The Morgan fingerprint density at radius 3 is 2.46 bits per heavy atom. The summed E-state index contributed by atoms with van der Waals surface area (Å²) in [5, 5.41) is 2.56. The second-order valence-corrected chi connectivity index (χ2v) is 9.67. The minimum Gasteiger partial charge on any atom is -0.472 e. The Bertz CT molecular complexity index is 1240. The number of amides is 2. The van der Waals surface area contributed by atoms with Crippen molar-refractivity contribution >= 4 is 29.2 Å². The lowest BCUT2D eigenvalue weighted by Gasteiger charge is -2.32. The number of furan rings is 1. The van der Waals surface area contributed by atoms with Gasteiger partial charge in [-0.1, -0.05) is 11.6 Å². The van der Waals surface area contributed by atoms with Crippen LogP contribution in [0.5, 0.6) is 0 Å². The number of nitrogens with one attached hydrogen (secondary N) is 1. The number of imidazole rings is 1. The highest BCUT2D eigenvalue weighted by atomic mass is 35.5. The van der Waals surface area contributed by atoms with Gasteiger partial charge in [0, 0.05) is 36.5 Å². The first-order valence-electron chi connectivity index (χ1n) is 10.9. The number of carbonyl (C=O) groups excluding carboxylic acids is 2. The molecule has 2 amide bonds. The fourth-order valence-corrected chi connectivity index (χ4v) is 4.15. The number of likely N-dealkylation sites (tertiary alicyclic amines) is 1. The normalized spacial score (nSPS) is 15.5. The van der Waals surface area contributed by atoms with Crippen molar-refractivity contribution in [2.24, 2.45) is 0 Å². The molecule has 0 spiro atoms. The minimum absolute atomic E-state index is 0.195. The van der Waals surface area contributed by atoms with Crippen LogP contribution >= 0.6 is 11.6 Å². The molecule has 8 nitrogen and oxygen atoms in total. The monoisotopic (exact) mass is 512 g/mol. The number of alkyl halides is 3. The number of fused-ring (bicyclic) bond motifs is 1. The van der Waals surface area contributed by atoms with Gasteiger partial charge in [0.2, 0.25) is 0 Å². The average molecular weight is 513 g/mol. The zero-order valence-electron chi connectivity index (χ0n) is 19.3. The lowest BCUT2D eigenvalue weighted by Crippen LogP contribution is -2.47. The second kappa shape index (κ2) is 9.10. The number of halogens is 4. The van der Waals surface area contributed by atoms with Gasteiger partial charge in [-0.25, -0.2) is 9.78 Å². The Morgan fingerprint density at radius 1 is 1.20 bits per heavy atom. The van der Waals surface area contributed by atoms with Crippen LogP contribution in [0.15, 0.2) is 35.3 Å². The van der Waals surface area contributed by atoms with Gasteiger partial charge in [0.1, 0.15) is 10.8 Å². The van der Waals surface area contributed by atoms with Gasteiger partial charge in [0.05, 0.1) is 18.1 Å². The van der Waals surface area contributed by atoms with Crippen molar-refractivity contribution in [3.05, 3.63) is 47.3 Å². The summed E-state index contributed by atoms with van der Waals surface area (Å²) in [6.07, 6.45) is -0.311. The van der Waals surface area contributed by atoms with Gasteiger partial charge in [-0.15, -0.1) is 0 Å². The third-order valence-electron chi connectivity index (χ3n) is 5.53. The standard InChI is InChI=1S/C23H24ClF3N4O4/c1-22(2,3)35-21(33)28-15-4-7-30(8-5-15)20(32)17-18(24)31-11-14(13-6-9-34-12-13)10-16(19(31)29-17)23(25,26)27/h6,9-12,15H,4-5,7-8H2,1-3H3,(H,28,33). The first-order chi connectivity index (χ1) is 16.3. The molecule has 35 heavy (non-hydrogen) atoms. The van der Waals surface area contributed by atoms with Crippen LogP contribution < -0.4 is 5.32 Å². The Morgan fingerprint density at radius 2 is 1.89 bits per heavy atom. The van der Waals surface area contributed by atoms with Crippen molar-refractivity contribution in [3.63, 3.8) is 0 Å². The summed E-state index contributed by atoms with van der Waals surface area (Å²) in [6.45, 7) is 5.82. The number of piperidine rings is 1. The van der Waals surface area contributed by atoms with E-state index in [0.717, 1.165) is 10.5 Å². The summed E-state index contributed by atoms with van der Waals surface area (Å²) in [5.41, 5.74) is -1.73. The molecule has 0 unspecified atom stereocenters. The van der Waals surface area contributed by atoms with Gasteiger partial charge in [-0.3, -0.25) is 9.20 Å². The van der Waals surface area contributed by atoms with Gasteiger partial charge in [0.15, 0.2) is 11.3 Å². The van der Waals surface area contributed by atoms with Gasteiger partial charge >= 0.3 is 12.3 Å². The fraction of sp³-hybridized carbons (Fsp3) is 0.435. The van der Waals surface area contributed by atoms with E-state index >= 15 is 0 Å². The van der Waals surface area contributed by atoms with Crippen molar-refractivity contribution in [1.82, 2.24) is 19.6 Å². The molecule has 0 aliphatic carbocycles. The van der Waals surface area contributed by atoms with E-state index in [1.54, 1.807) is 20.8 Å². The highest BCUT2D eigenvalue weighted by Gasteiger charge is 2.37. The van der Waals surface area contributed by atoms with Crippen LogP contribution in [0.2, 0.25) is 5.15 Å². The van der Waals surface area contributed by atoms with E-state index in [2.05, 4.69) is 10.3 Å². The third kappa shape index (κ3) is 5.39. The van der Waals surface area contributed by atoms with E-state index in [1.807, 2.05) is 0 Å². The summed E-state index contributed by atoms with van der Waals surface area (Å²) in [5.74, 6) is -0.576. The minimum atomic E-state index is -4.72. The van der Waals surface area contributed by atoms with Crippen LogP contribution in [0.4, 0.5) is 18.0 Å². The molecule has 3 aromatic rings. The largest absolute Gasteiger partial charge is 0.472 e. The molecule has 3 aromatic heterocycles. The van der Waals surface area contributed by atoms with Gasteiger partial charge < -0.3 is 19.4 Å². The molecule has 0 saturated carbocycles. The van der Waals surface area contributed by atoms with Gasteiger partial charge in [-0.2, -0.15) is 13.2 Å². The van der Waals surface area contributed by atoms with Crippen molar-refractivity contribution in [2.45, 2.75) is 51.4 Å². The number of hydrogen-bond donors (Lipinski definition) is 1. The average Bonchev–Trinajstić information content (AvgIpc) is 3.40. The second-order valence-electron chi connectivity index (χ2n) is 9.31. The molecule has 1 aliphatic rings. The predicted octanol–water partition coefficient (Wildman–Crippen LogP) is 5.40. The summed E-state index contributed by atoms with van der Waals surface area (Å²) in [7, 11) is 0. The molecule has 1 aliphatic heterocycles. The number of carbonyl (C=O) groups is 2. The first-order valence-corrected chi connectivity index (χ1v) is 11.3. The summed E-state index contributed by atoms with van der Waals surface area (Å²) in [4.78, 5) is 30.6. The molecule has 0 radical (unpaired) electrons. The quantitative estimate of drug-likeness (QED) is 0.508. The van der Waals surface area contributed by atoms with Crippen LogP contribution in [0, 0.1) is 0 Å². The molecular weight excluding hydrogens is 489 g/mol. The van der Waals surface area contributed by atoms with Crippen LogP contribution in [0.3, 0.4) is 0 Å². The molecule has 0 aromatic carbocycles. The van der Waals surface area contributed by atoms with Crippen molar-refractivity contribution in [2.75, 3.05) is 13.1 Å². The number of aromatic nitrogens is 2. The molecule has 4 heterocycles. The Kier molecular flexibility index (Phi) is 6.48. The van der Waals surface area contributed by atoms with Crippen molar-refractivity contribution in [3.8, 4) is 11.1 Å². The third-order valence-corrected chi connectivity index (χ3v) is 5.89. The van der Waals surface area contributed by atoms with Crippen molar-refractivity contribution < 1.29 is 31.9 Å². The lowest BCUT2D eigenvalue weighted by atomic mass is 10.0. The van der Waals surface area contributed by atoms with Crippen LogP contribution in [0.25, 0.3) is 16.8 Å². The smallest absolute Gasteiger partial charge is 0.420 e.